The second-order valence-electron chi connectivity index (χ2n) is 3.78. The van der Waals surface area contributed by atoms with Gasteiger partial charge < -0.3 is 0 Å². The van der Waals surface area contributed by atoms with Gasteiger partial charge in [0.2, 0.25) is 0 Å². The van der Waals surface area contributed by atoms with Gasteiger partial charge in [0.15, 0.2) is 0 Å². The summed E-state index contributed by atoms with van der Waals surface area (Å²) in [6, 6.07) is 3.98. The molecule has 1 amide bonds. The number of rotatable bonds is 2. The van der Waals surface area contributed by atoms with E-state index in [-0.39, 0.29) is 23.0 Å². The lowest BCUT2D eigenvalue weighted by Crippen LogP contribution is -2.20. The fraction of sp³-hybridized carbons (Fsp3) is 0.200. The minimum Gasteiger partial charge on any atom is -0.282 e. The number of amides is 1. The summed E-state index contributed by atoms with van der Waals surface area (Å²) in [5.41, 5.74) is 0.738. The molecule has 1 aromatic carbocycles. The van der Waals surface area contributed by atoms with Gasteiger partial charge in [-0.15, -0.1) is 0 Å². The summed E-state index contributed by atoms with van der Waals surface area (Å²) in [6.07, 6.45) is 0.159. The molecular weight excluding hydrogens is 280 g/mol. The molecular formula is C10H9ClN2O4S. The van der Waals surface area contributed by atoms with E-state index >= 15 is 0 Å². The van der Waals surface area contributed by atoms with Crippen molar-refractivity contribution in [1.29, 1.82) is 0 Å². The second-order valence-corrected chi connectivity index (χ2v) is 5.55. The van der Waals surface area contributed by atoms with Crippen LogP contribution in [0.1, 0.15) is 13.3 Å². The maximum Gasteiger partial charge on any atom is 0.296 e. The number of anilines is 1. The monoisotopic (exact) mass is 288 g/mol. The van der Waals surface area contributed by atoms with Gasteiger partial charge >= 0.3 is 0 Å². The SMILES string of the molecule is CC1=NN(c2cccc(S(=O)(=O)O)c2Cl)C(=O)C1. The molecule has 0 atom stereocenters. The first-order valence-electron chi connectivity index (χ1n) is 4.94. The molecule has 1 N–H and O–H groups in total. The molecule has 0 aliphatic carbocycles. The molecule has 0 saturated carbocycles. The van der Waals surface area contributed by atoms with E-state index in [0.29, 0.717) is 5.71 Å². The number of hydrogen-bond donors (Lipinski definition) is 1. The highest BCUT2D eigenvalue weighted by atomic mass is 35.5. The minimum absolute atomic E-state index is 0.133. The lowest BCUT2D eigenvalue weighted by molar-refractivity contribution is -0.116. The number of nitrogens with zero attached hydrogens (tertiary/aromatic N) is 2. The van der Waals surface area contributed by atoms with E-state index in [1.54, 1.807) is 6.92 Å². The number of halogens is 1. The average molecular weight is 289 g/mol. The quantitative estimate of drug-likeness (QED) is 0.839. The molecule has 0 saturated heterocycles. The predicted molar refractivity (Wildman–Crippen MR) is 66.5 cm³/mol. The largest absolute Gasteiger partial charge is 0.296 e. The highest BCUT2D eigenvalue weighted by Crippen LogP contribution is 2.33. The Morgan fingerprint density at radius 1 is 1.44 bits per heavy atom. The first-order chi connectivity index (χ1) is 8.30. The Kier molecular flexibility index (Phi) is 3.14. The standard InChI is InChI=1S/C10H9ClN2O4S/c1-6-5-9(14)13(12-6)7-3-2-4-8(10(7)11)18(15,16)17/h2-4H,5H2,1H3,(H,15,16,17). The van der Waals surface area contributed by atoms with E-state index in [2.05, 4.69) is 5.10 Å². The fourth-order valence-corrected chi connectivity index (χ4v) is 2.69. The van der Waals surface area contributed by atoms with Crippen LogP contribution in [-0.4, -0.2) is 24.6 Å². The van der Waals surface area contributed by atoms with Crippen LogP contribution in [0.25, 0.3) is 0 Å². The van der Waals surface area contributed by atoms with Crippen molar-refractivity contribution in [2.75, 3.05) is 5.01 Å². The summed E-state index contributed by atoms with van der Waals surface area (Å²) in [5.74, 6) is -0.304. The third kappa shape index (κ3) is 2.24. The molecule has 0 fully saturated rings. The normalized spacial score (nSPS) is 16.1. The molecule has 1 aliphatic rings. The average Bonchev–Trinajstić information content (AvgIpc) is 2.56. The summed E-state index contributed by atoms with van der Waals surface area (Å²) >= 11 is 5.88. The molecule has 8 heteroatoms. The van der Waals surface area contributed by atoms with Crippen LogP contribution in [0.4, 0.5) is 5.69 Å². The van der Waals surface area contributed by atoms with Crippen LogP contribution < -0.4 is 5.01 Å². The van der Waals surface area contributed by atoms with Crippen LogP contribution in [-0.2, 0) is 14.9 Å². The highest BCUT2D eigenvalue weighted by Gasteiger charge is 2.27. The van der Waals surface area contributed by atoms with Crippen molar-refractivity contribution in [3.05, 3.63) is 23.2 Å². The number of benzene rings is 1. The Bertz CT molecular complexity index is 654. The summed E-state index contributed by atoms with van der Waals surface area (Å²) in [7, 11) is -4.43. The van der Waals surface area contributed by atoms with Gasteiger partial charge in [-0.25, -0.2) is 0 Å². The highest BCUT2D eigenvalue weighted by molar-refractivity contribution is 7.86. The lowest BCUT2D eigenvalue weighted by Gasteiger charge is -2.14. The van der Waals surface area contributed by atoms with Crippen molar-refractivity contribution in [3.8, 4) is 0 Å². The van der Waals surface area contributed by atoms with Crippen molar-refractivity contribution >= 4 is 39.0 Å². The van der Waals surface area contributed by atoms with Crippen molar-refractivity contribution in [3.63, 3.8) is 0 Å². The molecule has 96 valence electrons. The Balaban J connectivity index is 2.58. The van der Waals surface area contributed by atoms with Crippen LogP contribution in [0, 0.1) is 0 Å². The molecule has 0 bridgehead atoms. The molecule has 1 aromatic rings. The van der Waals surface area contributed by atoms with Crippen molar-refractivity contribution in [2.45, 2.75) is 18.2 Å². The summed E-state index contributed by atoms with van der Waals surface area (Å²) in [6.45, 7) is 1.68. The van der Waals surface area contributed by atoms with Gasteiger partial charge in [-0.3, -0.25) is 9.35 Å². The number of hydrogen-bond acceptors (Lipinski definition) is 4. The van der Waals surface area contributed by atoms with Crippen LogP contribution in [0.3, 0.4) is 0 Å². The third-order valence-corrected chi connectivity index (χ3v) is 3.77. The van der Waals surface area contributed by atoms with Gasteiger partial charge in [0.05, 0.1) is 17.1 Å². The second kappa shape index (κ2) is 4.34. The van der Waals surface area contributed by atoms with Crippen molar-refractivity contribution in [1.82, 2.24) is 0 Å². The topological polar surface area (TPSA) is 87.0 Å². The van der Waals surface area contributed by atoms with Crippen LogP contribution in [0.2, 0.25) is 5.02 Å². The van der Waals surface area contributed by atoms with E-state index in [4.69, 9.17) is 16.2 Å². The number of hydrazone groups is 1. The fourth-order valence-electron chi connectivity index (χ4n) is 1.61. The molecule has 0 spiro atoms. The van der Waals surface area contributed by atoms with E-state index in [9.17, 15) is 13.2 Å². The Morgan fingerprint density at radius 3 is 2.61 bits per heavy atom. The zero-order chi connectivity index (χ0) is 13.5. The summed E-state index contributed by atoms with van der Waals surface area (Å²) in [4.78, 5) is 11.2. The lowest BCUT2D eigenvalue weighted by atomic mass is 10.3. The summed E-state index contributed by atoms with van der Waals surface area (Å²) in [5, 5.41) is 4.77. The maximum absolute atomic E-state index is 11.6. The molecule has 1 aliphatic heterocycles. The first kappa shape index (κ1) is 13.0. The smallest absolute Gasteiger partial charge is 0.282 e. The van der Waals surface area contributed by atoms with E-state index in [1.807, 2.05) is 0 Å². The predicted octanol–water partition coefficient (Wildman–Crippen LogP) is 1.70. The van der Waals surface area contributed by atoms with Crippen molar-refractivity contribution < 1.29 is 17.8 Å². The molecule has 1 heterocycles. The zero-order valence-electron chi connectivity index (χ0n) is 9.29. The molecule has 2 rings (SSSR count). The molecule has 0 aromatic heterocycles. The third-order valence-electron chi connectivity index (χ3n) is 2.36. The van der Waals surface area contributed by atoms with Gasteiger partial charge in [-0.05, 0) is 19.1 Å². The molecule has 0 unspecified atom stereocenters. The number of carbonyl (C=O) groups excluding carboxylic acids is 1. The van der Waals surface area contributed by atoms with Gasteiger partial charge in [-0.2, -0.15) is 18.5 Å². The number of carbonyl (C=O) groups is 1. The Labute approximate surface area is 109 Å². The van der Waals surface area contributed by atoms with Gasteiger partial charge in [0.25, 0.3) is 16.0 Å². The Morgan fingerprint density at radius 2 is 2.11 bits per heavy atom. The van der Waals surface area contributed by atoms with Crippen LogP contribution in [0.5, 0.6) is 0 Å². The molecule has 6 nitrogen and oxygen atoms in total. The molecule has 0 radical (unpaired) electrons. The first-order valence-corrected chi connectivity index (χ1v) is 6.75. The van der Waals surface area contributed by atoms with Crippen LogP contribution >= 0.6 is 11.6 Å². The van der Waals surface area contributed by atoms with Gasteiger partial charge in [0, 0.05) is 5.71 Å². The van der Waals surface area contributed by atoms with Gasteiger partial charge in [0.1, 0.15) is 4.90 Å². The minimum atomic E-state index is -4.43. The van der Waals surface area contributed by atoms with Crippen LogP contribution in [0.15, 0.2) is 28.2 Å². The maximum atomic E-state index is 11.6. The zero-order valence-corrected chi connectivity index (χ0v) is 10.9. The molecule has 18 heavy (non-hydrogen) atoms. The Hall–Kier alpha value is -1.44. The summed E-state index contributed by atoms with van der Waals surface area (Å²) < 4.78 is 31.2. The van der Waals surface area contributed by atoms with E-state index in [1.165, 1.54) is 12.1 Å². The van der Waals surface area contributed by atoms with E-state index in [0.717, 1.165) is 11.1 Å². The van der Waals surface area contributed by atoms with Crippen molar-refractivity contribution in [2.24, 2.45) is 5.10 Å². The van der Waals surface area contributed by atoms with Gasteiger partial charge in [-0.1, -0.05) is 17.7 Å². The van der Waals surface area contributed by atoms with E-state index < -0.39 is 15.0 Å².